The van der Waals surface area contributed by atoms with E-state index >= 15 is 0 Å². The Kier molecular flexibility index (Phi) is 4.24. The van der Waals surface area contributed by atoms with Gasteiger partial charge in [0.25, 0.3) is 0 Å². The fourth-order valence-electron chi connectivity index (χ4n) is 4.09. The monoisotopic (exact) mass is 370 g/mol. The molecule has 1 aliphatic heterocycles. The Bertz CT molecular complexity index is 1020. The number of fused-ring (bicyclic) bond motifs is 2. The van der Waals surface area contributed by atoms with Gasteiger partial charge in [-0.2, -0.15) is 5.26 Å². The van der Waals surface area contributed by atoms with Crippen molar-refractivity contribution in [3.05, 3.63) is 77.4 Å². The lowest BCUT2D eigenvalue weighted by Gasteiger charge is -2.42. The maximum absolute atomic E-state index is 9.39. The molecule has 0 atom stereocenters. The molecule has 0 saturated carbocycles. The lowest BCUT2D eigenvalue weighted by molar-refractivity contribution is 0.396. The first-order valence-electron chi connectivity index (χ1n) is 9.18. The molecule has 1 heterocycles. The number of benzene rings is 3. The maximum Gasteiger partial charge on any atom is 0.148 e. The largest absolute Gasteiger partial charge is 0.494 e. The second kappa shape index (κ2) is 6.61. The van der Waals surface area contributed by atoms with E-state index < -0.39 is 0 Å². The van der Waals surface area contributed by atoms with E-state index in [0.29, 0.717) is 17.1 Å². The summed E-state index contributed by atoms with van der Waals surface area (Å²) in [6.07, 6.45) is 0. The number of nitrogens with zero attached hydrogens (tertiary/aromatic N) is 2. The average molecular weight is 370 g/mol. The van der Waals surface area contributed by atoms with Gasteiger partial charge in [0.15, 0.2) is 0 Å². The molecule has 0 unspecified atom stereocenters. The molecule has 0 aliphatic carbocycles. The molecule has 0 fully saturated rings. The Hall–Kier alpha value is -3.45. The van der Waals surface area contributed by atoms with Crippen molar-refractivity contribution in [2.45, 2.75) is 19.3 Å². The number of hydrogen-bond acceptors (Lipinski definition) is 4. The summed E-state index contributed by atoms with van der Waals surface area (Å²) < 4.78 is 11.4. The summed E-state index contributed by atoms with van der Waals surface area (Å²) in [4.78, 5) is 2.18. The number of anilines is 3. The fourth-order valence-corrected chi connectivity index (χ4v) is 4.09. The van der Waals surface area contributed by atoms with Crippen LogP contribution in [0.4, 0.5) is 17.1 Å². The quantitative estimate of drug-likeness (QED) is 0.595. The third kappa shape index (κ3) is 2.51. The van der Waals surface area contributed by atoms with Gasteiger partial charge in [-0.3, -0.25) is 0 Å². The topological polar surface area (TPSA) is 45.5 Å². The van der Waals surface area contributed by atoms with Gasteiger partial charge in [-0.1, -0.05) is 50.2 Å². The van der Waals surface area contributed by atoms with Gasteiger partial charge in [-0.15, -0.1) is 0 Å². The number of ether oxygens (including phenoxy) is 2. The molecule has 4 heteroatoms. The van der Waals surface area contributed by atoms with Gasteiger partial charge in [0.2, 0.25) is 0 Å². The van der Waals surface area contributed by atoms with E-state index in [4.69, 9.17) is 9.47 Å². The molecular formula is C24H22N2O2. The Morgan fingerprint density at radius 2 is 1.29 bits per heavy atom. The zero-order chi connectivity index (χ0) is 19.9. The zero-order valence-corrected chi connectivity index (χ0v) is 16.5. The minimum atomic E-state index is -0.142. The van der Waals surface area contributed by atoms with Crippen LogP contribution in [0.2, 0.25) is 0 Å². The lowest BCUT2D eigenvalue weighted by Crippen LogP contribution is -2.30. The highest BCUT2D eigenvalue weighted by Gasteiger charge is 2.38. The highest BCUT2D eigenvalue weighted by Crippen LogP contribution is 2.55. The standard InChI is InChI=1S/C24H22N2O2/c1-24(2)17-9-5-7-11-19(17)26(20-12-8-6-10-18(20)24)23-21(27-3)13-16(15-25)14-22(23)28-4/h5-14H,1-4H3. The minimum absolute atomic E-state index is 0.142. The van der Waals surface area contributed by atoms with Crippen molar-refractivity contribution < 1.29 is 9.47 Å². The van der Waals surface area contributed by atoms with Crippen LogP contribution in [0.3, 0.4) is 0 Å². The van der Waals surface area contributed by atoms with Crippen molar-refractivity contribution in [1.29, 1.82) is 5.26 Å². The molecule has 0 N–H and O–H groups in total. The first kappa shape index (κ1) is 17.9. The summed E-state index contributed by atoms with van der Waals surface area (Å²) in [6.45, 7) is 4.49. The van der Waals surface area contributed by atoms with Crippen molar-refractivity contribution in [1.82, 2.24) is 0 Å². The van der Waals surface area contributed by atoms with Crippen LogP contribution in [0.15, 0.2) is 60.7 Å². The van der Waals surface area contributed by atoms with Crippen molar-refractivity contribution in [3.8, 4) is 17.6 Å². The van der Waals surface area contributed by atoms with Gasteiger partial charge in [0.05, 0.1) is 37.2 Å². The van der Waals surface area contributed by atoms with E-state index in [1.165, 1.54) is 11.1 Å². The molecule has 0 radical (unpaired) electrons. The SMILES string of the molecule is COc1cc(C#N)cc(OC)c1N1c2ccccc2C(C)(C)c2ccccc21. The molecule has 0 aromatic heterocycles. The van der Waals surface area contributed by atoms with E-state index in [2.05, 4.69) is 61.2 Å². The molecule has 3 aromatic carbocycles. The van der Waals surface area contributed by atoms with Crippen LogP contribution < -0.4 is 14.4 Å². The van der Waals surface area contributed by atoms with Gasteiger partial charge in [0, 0.05) is 17.5 Å². The van der Waals surface area contributed by atoms with Crippen LogP contribution in [0.1, 0.15) is 30.5 Å². The molecule has 4 nitrogen and oxygen atoms in total. The Labute approximate surface area is 165 Å². The van der Waals surface area contributed by atoms with Gasteiger partial charge < -0.3 is 14.4 Å². The van der Waals surface area contributed by atoms with Crippen LogP contribution in [0.25, 0.3) is 0 Å². The third-order valence-corrected chi connectivity index (χ3v) is 5.47. The summed E-state index contributed by atoms with van der Waals surface area (Å²) in [5, 5.41) is 9.39. The van der Waals surface area contributed by atoms with Crippen LogP contribution in [0.5, 0.6) is 11.5 Å². The first-order valence-corrected chi connectivity index (χ1v) is 9.18. The molecule has 0 saturated heterocycles. The van der Waals surface area contributed by atoms with Crippen LogP contribution >= 0.6 is 0 Å². The molecule has 0 spiro atoms. The molecule has 140 valence electrons. The van der Waals surface area contributed by atoms with Crippen molar-refractivity contribution in [2.75, 3.05) is 19.1 Å². The van der Waals surface area contributed by atoms with Crippen LogP contribution in [0, 0.1) is 11.3 Å². The van der Waals surface area contributed by atoms with Crippen LogP contribution in [-0.2, 0) is 5.41 Å². The summed E-state index contributed by atoms with van der Waals surface area (Å²) >= 11 is 0. The van der Waals surface area contributed by atoms with Gasteiger partial charge in [-0.05, 0) is 23.3 Å². The van der Waals surface area contributed by atoms with E-state index in [9.17, 15) is 5.26 Å². The molecule has 4 rings (SSSR count). The molecule has 0 amide bonds. The van der Waals surface area contributed by atoms with Gasteiger partial charge in [0.1, 0.15) is 17.2 Å². The predicted octanol–water partition coefficient (Wildman–Crippen LogP) is 5.68. The summed E-state index contributed by atoms with van der Waals surface area (Å²) in [7, 11) is 3.23. The molecule has 0 bridgehead atoms. The lowest BCUT2D eigenvalue weighted by atomic mass is 9.73. The molecule has 28 heavy (non-hydrogen) atoms. The Morgan fingerprint density at radius 3 is 1.71 bits per heavy atom. The highest BCUT2D eigenvalue weighted by molar-refractivity contribution is 5.90. The number of hydrogen-bond donors (Lipinski definition) is 0. The normalized spacial score (nSPS) is 13.9. The van der Waals surface area contributed by atoms with Crippen LogP contribution in [-0.4, -0.2) is 14.2 Å². The second-order valence-corrected chi connectivity index (χ2v) is 7.34. The Balaban J connectivity index is 2.10. The summed E-state index contributed by atoms with van der Waals surface area (Å²) in [6, 6.07) is 22.5. The number of para-hydroxylation sites is 2. The van der Waals surface area contributed by atoms with Gasteiger partial charge in [-0.25, -0.2) is 0 Å². The van der Waals surface area contributed by atoms with Gasteiger partial charge >= 0.3 is 0 Å². The maximum atomic E-state index is 9.39. The zero-order valence-electron chi connectivity index (χ0n) is 16.5. The number of nitriles is 1. The predicted molar refractivity (Wildman–Crippen MR) is 111 cm³/mol. The first-order chi connectivity index (χ1) is 13.5. The minimum Gasteiger partial charge on any atom is -0.494 e. The van der Waals surface area contributed by atoms with Crippen molar-refractivity contribution >= 4 is 17.1 Å². The average Bonchev–Trinajstić information content (AvgIpc) is 2.73. The molecule has 1 aliphatic rings. The molecular weight excluding hydrogens is 348 g/mol. The van der Waals surface area contributed by atoms with E-state index in [1.807, 2.05) is 12.1 Å². The highest BCUT2D eigenvalue weighted by atomic mass is 16.5. The van der Waals surface area contributed by atoms with E-state index in [0.717, 1.165) is 17.1 Å². The van der Waals surface area contributed by atoms with E-state index in [1.54, 1.807) is 26.4 Å². The molecule has 3 aromatic rings. The summed E-state index contributed by atoms with van der Waals surface area (Å²) in [5.41, 5.74) is 5.75. The number of methoxy groups -OCH3 is 2. The third-order valence-electron chi connectivity index (χ3n) is 5.47. The van der Waals surface area contributed by atoms with Crippen molar-refractivity contribution in [3.63, 3.8) is 0 Å². The summed E-state index contributed by atoms with van der Waals surface area (Å²) in [5.74, 6) is 1.19. The fraction of sp³-hybridized carbons (Fsp3) is 0.208. The Morgan fingerprint density at radius 1 is 0.821 bits per heavy atom. The number of rotatable bonds is 3. The van der Waals surface area contributed by atoms with E-state index in [-0.39, 0.29) is 5.41 Å². The van der Waals surface area contributed by atoms with Crippen molar-refractivity contribution in [2.24, 2.45) is 0 Å². The second-order valence-electron chi connectivity index (χ2n) is 7.34. The smallest absolute Gasteiger partial charge is 0.148 e.